The summed E-state index contributed by atoms with van der Waals surface area (Å²) >= 11 is 0. The molecule has 6 heteroatoms. The summed E-state index contributed by atoms with van der Waals surface area (Å²) in [6, 6.07) is 0. The summed E-state index contributed by atoms with van der Waals surface area (Å²) in [5, 5.41) is 9.28. The molecule has 1 N–H and O–H groups in total. The van der Waals surface area contributed by atoms with Crippen LogP contribution in [0.4, 0.5) is 0 Å². The Morgan fingerprint density at radius 2 is 1.71 bits per heavy atom. The van der Waals surface area contributed by atoms with Gasteiger partial charge in [0.25, 0.3) is 10.2 Å². The van der Waals surface area contributed by atoms with Crippen LogP contribution in [-0.4, -0.2) is 54.4 Å². The average Bonchev–Trinajstić information content (AvgIpc) is 2.72. The topological polar surface area (TPSA) is 60.9 Å². The summed E-state index contributed by atoms with van der Waals surface area (Å²) in [7, 11) is -3.26. The van der Waals surface area contributed by atoms with Crippen LogP contribution >= 0.6 is 0 Å². The van der Waals surface area contributed by atoms with Gasteiger partial charge in [-0.25, -0.2) is 0 Å². The molecule has 2 aliphatic heterocycles. The Labute approximate surface area is 84.5 Å². The molecule has 0 bridgehead atoms. The van der Waals surface area contributed by atoms with E-state index in [1.807, 2.05) is 0 Å². The van der Waals surface area contributed by atoms with Gasteiger partial charge in [0.2, 0.25) is 0 Å². The standard InChI is InChI=1S/C8H16N2O3S/c11-8-3-6-10(7-8)14(12,13)9-4-1-2-5-9/h8,11H,1-7H2/t8-/m1/s1. The molecule has 2 rings (SSSR count). The Morgan fingerprint density at radius 3 is 2.21 bits per heavy atom. The number of hydrogen-bond donors (Lipinski definition) is 1. The minimum Gasteiger partial charge on any atom is -0.392 e. The summed E-state index contributed by atoms with van der Waals surface area (Å²) in [4.78, 5) is 0. The molecule has 14 heavy (non-hydrogen) atoms. The lowest BCUT2D eigenvalue weighted by Crippen LogP contribution is -2.41. The average molecular weight is 220 g/mol. The van der Waals surface area contributed by atoms with E-state index in [0.29, 0.717) is 26.1 Å². The molecular weight excluding hydrogens is 204 g/mol. The van der Waals surface area contributed by atoms with Gasteiger partial charge in [-0.05, 0) is 19.3 Å². The lowest BCUT2D eigenvalue weighted by atomic mass is 10.3. The van der Waals surface area contributed by atoms with Crippen LogP contribution < -0.4 is 0 Å². The van der Waals surface area contributed by atoms with E-state index in [9.17, 15) is 13.5 Å². The van der Waals surface area contributed by atoms with Crippen LogP contribution in [0.15, 0.2) is 0 Å². The third kappa shape index (κ3) is 1.79. The van der Waals surface area contributed by atoms with Crippen molar-refractivity contribution in [2.75, 3.05) is 26.2 Å². The maximum Gasteiger partial charge on any atom is 0.282 e. The fourth-order valence-corrected chi connectivity index (χ4v) is 3.75. The fraction of sp³-hybridized carbons (Fsp3) is 1.00. The van der Waals surface area contributed by atoms with Crippen molar-refractivity contribution in [2.24, 2.45) is 0 Å². The third-order valence-corrected chi connectivity index (χ3v) is 4.85. The molecule has 0 saturated carbocycles. The highest BCUT2D eigenvalue weighted by molar-refractivity contribution is 7.86. The lowest BCUT2D eigenvalue weighted by molar-refractivity contribution is 0.188. The molecule has 0 aromatic heterocycles. The second-order valence-electron chi connectivity index (χ2n) is 3.91. The van der Waals surface area contributed by atoms with Crippen molar-refractivity contribution in [3.63, 3.8) is 0 Å². The summed E-state index contributed by atoms with van der Waals surface area (Å²) in [6.45, 7) is 1.99. The van der Waals surface area contributed by atoms with Crippen LogP contribution in [0.25, 0.3) is 0 Å². The molecule has 2 aliphatic rings. The number of hydrogen-bond acceptors (Lipinski definition) is 3. The van der Waals surface area contributed by atoms with Crippen molar-refractivity contribution in [3.8, 4) is 0 Å². The summed E-state index contributed by atoms with van der Waals surface area (Å²) in [6.07, 6.45) is 1.99. The van der Waals surface area contributed by atoms with Crippen LogP contribution in [0, 0.1) is 0 Å². The van der Waals surface area contributed by atoms with Crippen LogP contribution in [0.3, 0.4) is 0 Å². The number of β-amino-alcohol motifs (C(OH)–C–C–N with tert-alkyl or cyclic N) is 1. The molecule has 2 saturated heterocycles. The van der Waals surface area contributed by atoms with Crippen LogP contribution in [0.2, 0.25) is 0 Å². The summed E-state index contributed by atoms with van der Waals surface area (Å²) in [5.74, 6) is 0. The first kappa shape index (κ1) is 10.4. The predicted molar refractivity (Wildman–Crippen MR) is 51.9 cm³/mol. The minimum atomic E-state index is -3.26. The van der Waals surface area contributed by atoms with Crippen molar-refractivity contribution in [3.05, 3.63) is 0 Å². The van der Waals surface area contributed by atoms with E-state index in [2.05, 4.69) is 0 Å². The Bertz CT molecular complexity index is 298. The normalized spacial score (nSPS) is 31.4. The zero-order valence-electron chi connectivity index (χ0n) is 8.09. The third-order valence-electron chi connectivity index (χ3n) is 2.84. The van der Waals surface area contributed by atoms with E-state index in [1.165, 1.54) is 8.61 Å². The number of rotatable bonds is 2. The molecule has 82 valence electrons. The van der Waals surface area contributed by atoms with E-state index in [0.717, 1.165) is 12.8 Å². The molecular formula is C8H16N2O3S. The van der Waals surface area contributed by atoms with Crippen LogP contribution in [0.5, 0.6) is 0 Å². The predicted octanol–water partition coefficient (Wildman–Crippen LogP) is -0.606. The van der Waals surface area contributed by atoms with Crippen molar-refractivity contribution in [1.29, 1.82) is 0 Å². The molecule has 0 aromatic rings. The van der Waals surface area contributed by atoms with Gasteiger partial charge in [-0.1, -0.05) is 0 Å². The van der Waals surface area contributed by atoms with Gasteiger partial charge in [0.1, 0.15) is 0 Å². The first-order valence-electron chi connectivity index (χ1n) is 5.04. The molecule has 1 atom stereocenters. The molecule has 2 heterocycles. The highest BCUT2D eigenvalue weighted by Crippen LogP contribution is 2.20. The Balaban J connectivity index is 2.07. The van der Waals surface area contributed by atoms with E-state index >= 15 is 0 Å². The van der Waals surface area contributed by atoms with Crippen LogP contribution in [0.1, 0.15) is 19.3 Å². The molecule has 0 spiro atoms. The Kier molecular flexibility index (Phi) is 2.79. The SMILES string of the molecule is O=S(=O)(N1CCCC1)N1CC[C@@H](O)C1. The highest BCUT2D eigenvalue weighted by atomic mass is 32.2. The number of aliphatic hydroxyl groups is 1. The van der Waals surface area contributed by atoms with Gasteiger partial charge in [0.05, 0.1) is 6.10 Å². The van der Waals surface area contributed by atoms with E-state index in [1.54, 1.807) is 0 Å². The number of nitrogens with zero attached hydrogens (tertiary/aromatic N) is 2. The summed E-state index contributed by atoms with van der Waals surface area (Å²) < 4.78 is 26.8. The van der Waals surface area contributed by atoms with Gasteiger partial charge in [0, 0.05) is 26.2 Å². The molecule has 0 aliphatic carbocycles. The maximum atomic E-state index is 11.9. The van der Waals surface area contributed by atoms with Gasteiger partial charge in [-0.15, -0.1) is 0 Å². The molecule has 0 radical (unpaired) electrons. The first-order chi connectivity index (χ1) is 6.60. The van der Waals surface area contributed by atoms with Crippen LogP contribution in [-0.2, 0) is 10.2 Å². The smallest absolute Gasteiger partial charge is 0.282 e. The van der Waals surface area contributed by atoms with Gasteiger partial charge in [-0.3, -0.25) is 0 Å². The van der Waals surface area contributed by atoms with Gasteiger partial charge < -0.3 is 5.11 Å². The van der Waals surface area contributed by atoms with E-state index in [-0.39, 0.29) is 6.54 Å². The second kappa shape index (κ2) is 3.77. The van der Waals surface area contributed by atoms with Crippen molar-refractivity contribution >= 4 is 10.2 Å². The van der Waals surface area contributed by atoms with E-state index < -0.39 is 16.3 Å². The highest BCUT2D eigenvalue weighted by Gasteiger charge is 2.35. The molecule has 5 nitrogen and oxygen atoms in total. The zero-order chi connectivity index (χ0) is 10.2. The van der Waals surface area contributed by atoms with Crippen molar-refractivity contribution in [1.82, 2.24) is 8.61 Å². The van der Waals surface area contributed by atoms with Gasteiger partial charge in [0.15, 0.2) is 0 Å². The lowest BCUT2D eigenvalue weighted by Gasteiger charge is -2.22. The molecule has 0 amide bonds. The summed E-state index contributed by atoms with van der Waals surface area (Å²) in [5.41, 5.74) is 0. The minimum absolute atomic E-state index is 0.263. The molecule has 0 aromatic carbocycles. The second-order valence-corrected chi connectivity index (χ2v) is 5.84. The van der Waals surface area contributed by atoms with E-state index in [4.69, 9.17) is 0 Å². The Hall–Kier alpha value is -0.170. The zero-order valence-corrected chi connectivity index (χ0v) is 8.91. The first-order valence-corrected chi connectivity index (χ1v) is 6.44. The fourth-order valence-electron chi connectivity index (χ4n) is 2.00. The largest absolute Gasteiger partial charge is 0.392 e. The van der Waals surface area contributed by atoms with Crippen molar-refractivity contribution in [2.45, 2.75) is 25.4 Å². The monoisotopic (exact) mass is 220 g/mol. The molecule has 0 unspecified atom stereocenters. The quantitative estimate of drug-likeness (QED) is 0.675. The molecule has 2 fully saturated rings. The van der Waals surface area contributed by atoms with Crippen molar-refractivity contribution < 1.29 is 13.5 Å². The van der Waals surface area contributed by atoms with Gasteiger partial charge in [-0.2, -0.15) is 17.0 Å². The number of aliphatic hydroxyl groups excluding tert-OH is 1. The van der Waals surface area contributed by atoms with Gasteiger partial charge >= 0.3 is 0 Å². The maximum absolute atomic E-state index is 11.9. The Morgan fingerprint density at radius 1 is 1.07 bits per heavy atom.